The Morgan fingerprint density at radius 3 is 1.77 bits per heavy atom. The van der Waals surface area contributed by atoms with Crippen LogP contribution in [0.2, 0.25) is 0 Å². The van der Waals surface area contributed by atoms with Gasteiger partial charge < -0.3 is 5.11 Å². The molecule has 1 aromatic rings. The van der Waals surface area contributed by atoms with Crippen LogP contribution in [-0.2, 0) is 10.0 Å². The molecular weight excluding hydrogens is 333 g/mol. The van der Waals surface area contributed by atoms with Crippen LogP contribution in [0.25, 0.3) is 0 Å². The zero-order chi connectivity index (χ0) is 17.2. The second-order valence-corrected chi connectivity index (χ2v) is 6.64. The lowest BCUT2D eigenvalue weighted by Gasteiger charge is -2.15. The van der Waals surface area contributed by atoms with E-state index in [1.54, 1.807) is 4.72 Å². The van der Waals surface area contributed by atoms with Crippen molar-refractivity contribution in [2.45, 2.75) is 31.3 Å². The molecule has 126 valence electrons. The Balaban J connectivity index is 3.14. The van der Waals surface area contributed by atoms with Gasteiger partial charge in [0.05, 0.1) is 6.10 Å². The van der Waals surface area contributed by atoms with Crippen LogP contribution in [0, 0.1) is 35.0 Å². The Labute approximate surface area is 124 Å². The monoisotopic (exact) mass is 347 g/mol. The SMILES string of the molecule is CC(O)CC(C)CNS(=O)(=O)c1c(F)c(F)c(F)c(F)c1F. The average Bonchev–Trinajstić information content (AvgIpc) is 2.40. The van der Waals surface area contributed by atoms with Gasteiger partial charge in [-0.25, -0.2) is 35.1 Å². The lowest BCUT2D eigenvalue weighted by Crippen LogP contribution is -2.31. The summed E-state index contributed by atoms with van der Waals surface area (Å²) in [5.74, 6) is -12.4. The fourth-order valence-corrected chi connectivity index (χ4v) is 3.11. The summed E-state index contributed by atoms with van der Waals surface area (Å²) in [6.07, 6.45) is -0.562. The van der Waals surface area contributed by atoms with E-state index >= 15 is 0 Å². The molecule has 0 heterocycles. The highest BCUT2D eigenvalue weighted by Crippen LogP contribution is 2.26. The minimum atomic E-state index is -4.94. The molecule has 1 rings (SSSR count). The molecule has 0 aliphatic heterocycles. The van der Waals surface area contributed by atoms with Gasteiger partial charge in [0, 0.05) is 6.54 Å². The first-order valence-electron chi connectivity index (χ1n) is 6.18. The summed E-state index contributed by atoms with van der Waals surface area (Å²) in [7, 11) is -4.94. The number of aliphatic hydroxyl groups is 1. The van der Waals surface area contributed by atoms with Crippen LogP contribution in [0.4, 0.5) is 22.0 Å². The molecule has 0 bridgehead atoms. The lowest BCUT2D eigenvalue weighted by atomic mass is 10.1. The fourth-order valence-electron chi connectivity index (χ4n) is 1.81. The number of aliphatic hydroxyl groups excluding tert-OH is 1. The van der Waals surface area contributed by atoms with E-state index in [0.29, 0.717) is 0 Å². The first-order valence-corrected chi connectivity index (χ1v) is 7.66. The maximum atomic E-state index is 13.5. The number of nitrogens with one attached hydrogen (secondary N) is 1. The number of rotatable bonds is 6. The maximum Gasteiger partial charge on any atom is 0.246 e. The lowest BCUT2D eigenvalue weighted by molar-refractivity contribution is 0.164. The molecule has 0 spiro atoms. The van der Waals surface area contributed by atoms with Crippen LogP contribution in [0.3, 0.4) is 0 Å². The molecule has 0 fully saturated rings. The van der Waals surface area contributed by atoms with E-state index in [2.05, 4.69) is 0 Å². The summed E-state index contributed by atoms with van der Waals surface area (Å²) in [6.45, 7) is 2.65. The first kappa shape index (κ1) is 18.8. The number of hydrogen-bond acceptors (Lipinski definition) is 3. The molecule has 2 atom stereocenters. The summed E-state index contributed by atoms with van der Waals surface area (Å²) in [4.78, 5) is -1.92. The van der Waals surface area contributed by atoms with E-state index in [0.717, 1.165) is 0 Å². The van der Waals surface area contributed by atoms with Gasteiger partial charge in [-0.2, -0.15) is 0 Å². The number of halogens is 5. The van der Waals surface area contributed by atoms with Crippen molar-refractivity contribution in [2.75, 3.05) is 6.54 Å². The summed E-state index contributed by atoms with van der Waals surface area (Å²) in [6, 6.07) is 0. The summed E-state index contributed by atoms with van der Waals surface area (Å²) >= 11 is 0. The van der Waals surface area contributed by atoms with Crippen molar-refractivity contribution >= 4 is 10.0 Å². The minimum Gasteiger partial charge on any atom is -0.393 e. The molecule has 0 aliphatic carbocycles. The smallest absolute Gasteiger partial charge is 0.246 e. The van der Waals surface area contributed by atoms with Crippen molar-refractivity contribution in [1.29, 1.82) is 0 Å². The van der Waals surface area contributed by atoms with Gasteiger partial charge in [-0.05, 0) is 19.3 Å². The highest BCUT2D eigenvalue weighted by Gasteiger charge is 2.33. The van der Waals surface area contributed by atoms with E-state index in [1.165, 1.54) is 13.8 Å². The predicted molar refractivity (Wildman–Crippen MR) is 66.9 cm³/mol. The van der Waals surface area contributed by atoms with E-state index in [4.69, 9.17) is 5.11 Å². The second kappa shape index (κ2) is 6.88. The predicted octanol–water partition coefficient (Wildman–Crippen LogP) is 2.07. The molecule has 0 amide bonds. The van der Waals surface area contributed by atoms with Crippen LogP contribution >= 0.6 is 0 Å². The van der Waals surface area contributed by atoms with Gasteiger partial charge in [0.2, 0.25) is 15.8 Å². The molecule has 2 unspecified atom stereocenters. The molecule has 2 N–H and O–H groups in total. The second-order valence-electron chi connectivity index (χ2n) is 4.94. The largest absolute Gasteiger partial charge is 0.393 e. The third kappa shape index (κ3) is 3.93. The molecule has 0 radical (unpaired) electrons. The highest BCUT2D eigenvalue weighted by molar-refractivity contribution is 7.89. The Morgan fingerprint density at radius 2 is 1.36 bits per heavy atom. The van der Waals surface area contributed by atoms with Crippen LogP contribution in [0.1, 0.15) is 20.3 Å². The van der Waals surface area contributed by atoms with Crippen molar-refractivity contribution in [3.63, 3.8) is 0 Å². The van der Waals surface area contributed by atoms with Gasteiger partial charge in [-0.3, -0.25) is 0 Å². The fraction of sp³-hybridized carbons (Fsp3) is 0.500. The summed E-state index contributed by atoms with van der Waals surface area (Å²) in [5, 5.41) is 9.12. The zero-order valence-corrected chi connectivity index (χ0v) is 12.4. The van der Waals surface area contributed by atoms with Gasteiger partial charge in [-0.1, -0.05) is 6.92 Å². The highest BCUT2D eigenvalue weighted by atomic mass is 32.2. The maximum absolute atomic E-state index is 13.5. The Morgan fingerprint density at radius 1 is 0.955 bits per heavy atom. The molecule has 4 nitrogen and oxygen atoms in total. The van der Waals surface area contributed by atoms with Crippen molar-refractivity contribution in [1.82, 2.24) is 4.72 Å². The van der Waals surface area contributed by atoms with Gasteiger partial charge in [0.1, 0.15) is 0 Å². The van der Waals surface area contributed by atoms with Crippen molar-refractivity contribution in [2.24, 2.45) is 5.92 Å². The number of sulfonamides is 1. The summed E-state index contributed by atoms with van der Waals surface area (Å²) in [5.41, 5.74) is 0. The molecular formula is C12H14F5NO3S. The summed E-state index contributed by atoms with van der Waals surface area (Å²) < 4.78 is 91.1. The Bertz CT molecular complexity index is 634. The molecule has 0 aromatic heterocycles. The van der Waals surface area contributed by atoms with Gasteiger partial charge in [0.25, 0.3) is 0 Å². The number of hydrogen-bond donors (Lipinski definition) is 2. The molecule has 22 heavy (non-hydrogen) atoms. The van der Waals surface area contributed by atoms with Crippen molar-refractivity contribution in [3.8, 4) is 0 Å². The van der Waals surface area contributed by atoms with Crippen LogP contribution in [0.5, 0.6) is 0 Å². The molecule has 0 saturated carbocycles. The zero-order valence-electron chi connectivity index (χ0n) is 11.6. The average molecular weight is 347 g/mol. The molecule has 0 saturated heterocycles. The standard InChI is InChI=1S/C12H14F5NO3S/c1-5(3-6(2)19)4-18-22(20,21)12-10(16)8(14)7(13)9(15)11(12)17/h5-6,18-19H,3-4H2,1-2H3. The molecule has 0 aliphatic rings. The van der Waals surface area contributed by atoms with Gasteiger partial charge in [-0.15, -0.1) is 0 Å². The number of benzene rings is 1. The minimum absolute atomic E-state index is 0.180. The third-order valence-electron chi connectivity index (χ3n) is 2.80. The Hall–Kier alpha value is -1.26. The van der Waals surface area contributed by atoms with E-state index in [1.807, 2.05) is 0 Å². The van der Waals surface area contributed by atoms with Crippen LogP contribution in [0.15, 0.2) is 4.90 Å². The van der Waals surface area contributed by atoms with Crippen molar-refractivity contribution < 1.29 is 35.5 Å². The van der Waals surface area contributed by atoms with Gasteiger partial charge >= 0.3 is 0 Å². The van der Waals surface area contributed by atoms with Crippen LogP contribution in [-0.4, -0.2) is 26.2 Å². The van der Waals surface area contributed by atoms with E-state index < -0.39 is 56.0 Å². The third-order valence-corrected chi connectivity index (χ3v) is 4.25. The van der Waals surface area contributed by atoms with Crippen LogP contribution < -0.4 is 4.72 Å². The van der Waals surface area contributed by atoms with Crippen molar-refractivity contribution in [3.05, 3.63) is 29.1 Å². The normalized spacial score (nSPS) is 14.9. The van der Waals surface area contributed by atoms with E-state index in [9.17, 15) is 30.4 Å². The first-order chi connectivity index (χ1) is 9.99. The topological polar surface area (TPSA) is 66.4 Å². The Kier molecular flexibility index (Phi) is 5.88. The molecule has 1 aromatic carbocycles. The van der Waals surface area contributed by atoms with E-state index in [-0.39, 0.29) is 13.0 Å². The quantitative estimate of drug-likeness (QED) is 0.470. The molecule has 10 heteroatoms. The van der Waals surface area contributed by atoms with Gasteiger partial charge in [0.15, 0.2) is 28.2 Å².